The first kappa shape index (κ1) is 14.8. The van der Waals surface area contributed by atoms with E-state index in [1.807, 2.05) is 0 Å². The molecule has 4 heteroatoms. The first-order valence-corrected chi connectivity index (χ1v) is 7.74. The molecular formula is C18H24N4. The summed E-state index contributed by atoms with van der Waals surface area (Å²) in [5.74, 6) is 0.856. The molecule has 22 heavy (non-hydrogen) atoms. The van der Waals surface area contributed by atoms with Gasteiger partial charge in [0.15, 0.2) is 5.82 Å². The minimum Gasteiger partial charge on any atom is -0.358 e. The molecule has 2 aromatic heterocycles. The van der Waals surface area contributed by atoms with Crippen LogP contribution < -0.4 is 0 Å². The van der Waals surface area contributed by atoms with Crippen molar-refractivity contribution in [3.63, 3.8) is 0 Å². The Morgan fingerprint density at radius 3 is 2.45 bits per heavy atom. The summed E-state index contributed by atoms with van der Waals surface area (Å²) >= 11 is 0. The first-order chi connectivity index (χ1) is 10.3. The largest absolute Gasteiger partial charge is 0.358 e. The molecule has 2 heterocycles. The highest BCUT2D eigenvalue weighted by Crippen LogP contribution is 2.29. The van der Waals surface area contributed by atoms with Crippen LogP contribution in [-0.2, 0) is 17.3 Å². The zero-order valence-corrected chi connectivity index (χ0v) is 14.0. The molecule has 0 atom stereocenters. The fraction of sp³-hybridized carbons (Fsp3) is 0.444. The molecule has 0 spiro atoms. The van der Waals surface area contributed by atoms with Gasteiger partial charge in [-0.25, -0.2) is 4.98 Å². The number of nitrogens with one attached hydrogen (secondary N) is 2. The molecule has 116 valence electrons. The van der Waals surface area contributed by atoms with E-state index in [1.54, 1.807) is 6.33 Å². The smallest absolute Gasteiger partial charge is 0.156 e. The van der Waals surface area contributed by atoms with Gasteiger partial charge in [0, 0.05) is 22.0 Å². The third-order valence-electron chi connectivity index (χ3n) is 4.16. The van der Waals surface area contributed by atoms with Crippen molar-refractivity contribution in [1.82, 2.24) is 20.2 Å². The van der Waals surface area contributed by atoms with Crippen molar-refractivity contribution in [2.45, 2.75) is 51.9 Å². The lowest BCUT2D eigenvalue weighted by Crippen LogP contribution is -2.22. The third kappa shape index (κ3) is 2.78. The fourth-order valence-electron chi connectivity index (χ4n) is 2.81. The van der Waals surface area contributed by atoms with Crippen molar-refractivity contribution in [3.8, 4) is 0 Å². The van der Waals surface area contributed by atoms with Crippen LogP contribution in [0.4, 0.5) is 0 Å². The molecule has 3 rings (SSSR count). The Bertz CT molecular complexity index is 773. The summed E-state index contributed by atoms with van der Waals surface area (Å²) in [6, 6.07) is 8.90. The van der Waals surface area contributed by atoms with E-state index in [9.17, 15) is 0 Å². The summed E-state index contributed by atoms with van der Waals surface area (Å²) in [5, 5.41) is 8.31. The lowest BCUT2D eigenvalue weighted by atomic mass is 9.85. The van der Waals surface area contributed by atoms with E-state index in [0.717, 1.165) is 12.2 Å². The van der Waals surface area contributed by atoms with Crippen LogP contribution in [0.3, 0.4) is 0 Å². The molecule has 0 aliphatic heterocycles. The van der Waals surface area contributed by atoms with Crippen molar-refractivity contribution < 1.29 is 0 Å². The van der Waals surface area contributed by atoms with Gasteiger partial charge in [0.05, 0.1) is 0 Å². The molecule has 0 amide bonds. The van der Waals surface area contributed by atoms with Crippen molar-refractivity contribution in [2.75, 3.05) is 0 Å². The van der Waals surface area contributed by atoms with Crippen LogP contribution in [0, 0.1) is 0 Å². The quantitative estimate of drug-likeness (QED) is 0.764. The highest BCUT2D eigenvalue weighted by atomic mass is 15.2. The molecule has 0 saturated carbocycles. The first-order valence-electron chi connectivity index (χ1n) is 7.74. The van der Waals surface area contributed by atoms with E-state index in [-0.39, 0.29) is 10.8 Å². The van der Waals surface area contributed by atoms with Crippen molar-refractivity contribution in [2.24, 2.45) is 0 Å². The second kappa shape index (κ2) is 4.97. The van der Waals surface area contributed by atoms with Crippen molar-refractivity contribution >= 4 is 10.9 Å². The Morgan fingerprint density at radius 2 is 1.82 bits per heavy atom. The zero-order chi connectivity index (χ0) is 16.0. The number of nitrogens with zero attached hydrogens (tertiary/aromatic N) is 2. The van der Waals surface area contributed by atoms with E-state index in [0.29, 0.717) is 0 Å². The molecular weight excluding hydrogens is 272 g/mol. The molecule has 0 bridgehead atoms. The number of hydrogen-bond donors (Lipinski definition) is 2. The second-order valence-corrected chi connectivity index (χ2v) is 7.74. The molecule has 0 saturated heterocycles. The molecule has 1 aromatic carbocycles. The average molecular weight is 296 g/mol. The normalized spacial score (nSPS) is 13.0. The zero-order valence-electron chi connectivity index (χ0n) is 14.0. The third-order valence-corrected chi connectivity index (χ3v) is 4.16. The van der Waals surface area contributed by atoms with Crippen molar-refractivity contribution in [1.29, 1.82) is 0 Å². The Hall–Kier alpha value is -2.10. The van der Waals surface area contributed by atoms with Gasteiger partial charge in [0.25, 0.3) is 0 Å². The van der Waals surface area contributed by atoms with Crippen molar-refractivity contribution in [3.05, 3.63) is 47.7 Å². The predicted molar refractivity (Wildman–Crippen MR) is 90.1 cm³/mol. The summed E-state index contributed by atoms with van der Waals surface area (Å²) in [7, 11) is 0. The highest BCUT2D eigenvalue weighted by molar-refractivity contribution is 5.81. The minimum atomic E-state index is -0.0902. The van der Waals surface area contributed by atoms with E-state index in [1.165, 1.54) is 22.2 Å². The standard InChI is InChI=1S/C18H24N4/c1-17(2,3)15-9-13-7-6-12(8-14(13)21-15)10-18(4,5)16-19-11-20-22-16/h6-9,11,21H,10H2,1-5H3,(H,19,20,22). The number of aromatic nitrogens is 4. The van der Waals surface area contributed by atoms with Crippen LogP contribution in [0.2, 0.25) is 0 Å². The second-order valence-electron chi connectivity index (χ2n) is 7.74. The highest BCUT2D eigenvalue weighted by Gasteiger charge is 2.25. The monoisotopic (exact) mass is 296 g/mol. The Morgan fingerprint density at radius 1 is 1.05 bits per heavy atom. The number of H-pyrrole nitrogens is 2. The maximum absolute atomic E-state index is 4.31. The van der Waals surface area contributed by atoms with Crippen LogP contribution in [0.25, 0.3) is 10.9 Å². The van der Waals surface area contributed by atoms with Gasteiger partial charge in [-0.1, -0.05) is 46.8 Å². The summed E-state index contributed by atoms with van der Waals surface area (Å²) in [5.41, 5.74) is 3.82. The number of aromatic amines is 2. The molecule has 3 aromatic rings. The molecule has 0 radical (unpaired) electrons. The SMILES string of the molecule is CC(C)(C)c1cc2ccc(CC(C)(C)c3nc[nH]n3)cc2[nH]1. The van der Waals surface area contributed by atoms with E-state index in [4.69, 9.17) is 0 Å². The van der Waals surface area contributed by atoms with Gasteiger partial charge in [0.2, 0.25) is 0 Å². The van der Waals surface area contributed by atoms with E-state index < -0.39 is 0 Å². The topological polar surface area (TPSA) is 57.4 Å². The summed E-state index contributed by atoms with van der Waals surface area (Å²) < 4.78 is 0. The van der Waals surface area contributed by atoms with Crippen LogP contribution in [0.15, 0.2) is 30.6 Å². The number of hydrogen-bond acceptors (Lipinski definition) is 2. The Kier molecular flexibility index (Phi) is 3.35. The van der Waals surface area contributed by atoms with E-state index in [2.05, 4.69) is 79.0 Å². The molecule has 4 nitrogen and oxygen atoms in total. The molecule has 0 aliphatic carbocycles. The van der Waals surface area contributed by atoms with Gasteiger partial charge in [-0.15, -0.1) is 0 Å². The number of benzene rings is 1. The lowest BCUT2D eigenvalue weighted by molar-refractivity contribution is 0.489. The van der Waals surface area contributed by atoms with Gasteiger partial charge in [0.1, 0.15) is 6.33 Å². The fourth-order valence-corrected chi connectivity index (χ4v) is 2.81. The molecule has 2 N–H and O–H groups in total. The van der Waals surface area contributed by atoms with Gasteiger partial charge in [-0.05, 0) is 29.5 Å². The van der Waals surface area contributed by atoms with Gasteiger partial charge >= 0.3 is 0 Å². The lowest BCUT2D eigenvalue weighted by Gasteiger charge is -2.20. The number of rotatable bonds is 3. The maximum Gasteiger partial charge on any atom is 0.156 e. The van der Waals surface area contributed by atoms with Crippen LogP contribution in [0.1, 0.15) is 51.7 Å². The summed E-state index contributed by atoms with van der Waals surface area (Å²) in [6.45, 7) is 11.0. The van der Waals surface area contributed by atoms with Crippen LogP contribution >= 0.6 is 0 Å². The molecule has 0 fully saturated rings. The maximum atomic E-state index is 4.31. The van der Waals surface area contributed by atoms with E-state index >= 15 is 0 Å². The number of fused-ring (bicyclic) bond motifs is 1. The Balaban J connectivity index is 1.92. The Labute approximate surface area is 131 Å². The van der Waals surface area contributed by atoms with Crippen LogP contribution in [0.5, 0.6) is 0 Å². The van der Waals surface area contributed by atoms with Gasteiger partial charge in [-0.3, -0.25) is 5.10 Å². The molecule has 0 aliphatic rings. The summed E-state index contributed by atoms with van der Waals surface area (Å²) in [6.07, 6.45) is 2.55. The van der Waals surface area contributed by atoms with Crippen LogP contribution in [-0.4, -0.2) is 20.2 Å². The average Bonchev–Trinajstić information content (AvgIpc) is 3.06. The van der Waals surface area contributed by atoms with Gasteiger partial charge in [-0.2, -0.15) is 5.10 Å². The van der Waals surface area contributed by atoms with Gasteiger partial charge < -0.3 is 4.98 Å². The molecule has 0 unspecified atom stereocenters. The summed E-state index contributed by atoms with van der Waals surface area (Å²) in [4.78, 5) is 7.87. The minimum absolute atomic E-state index is 0.0902. The predicted octanol–water partition coefficient (Wildman–Crippen LogP) is 4.10.